The number of aliphatic hydroxyl groups excluding tert-OH is 1. The lowest BCUT2D eigenvalue weighted by molar-refractivity contribution is -0.152. The Balaban J connectivity index is 2.10. The molecule has 1 aliphatic rings. The second-order valence-corrected chi connectivity index (χ2v) is 13.1. The largest absolute Gasteiger partial charge is 0.399 e. The number of benzene rings is 2. The molecule has 1 saturated heterocycles. The Morgan fingerprint density at radius 1 is 1.04 bits per heavy atom. The van der Waals surface area contributed by atoms with E-state index in [0.29, 0.717) is 6.61 Å². The molecule has 0 aliphatic carbocycles. The fourth-order valence-corrected chi connectivity index (χ4v) is 8.74. The summed E-state index contributed by atoms with van der Waals surface area (Å²) in [6.45, 7) is 10.8. The minimum atomic E-state index is -2.74. The predicted octanol–water partition coefficient (Wildman–Crippen LogP) is 3.08. The molecule has 152 valence electrons. The smallest absolute Gasteiger partial charge is 0.261 e. The van der Waals surface area contributed by atoms with Crippen molar-refractivity contribution in [3.05, 3.63) is 60.7 Å². The maximum atomic E-state index is 10.2. The Morgan fingerprint density at radius 2 is 1.54 bits per heavy atom. The third-order valence-electron chi connectivity index (χ3n) is 5.37. The second kappa shape index (κ2) is 8.09. The van der Waals surface area contributed by atoms with Crippen LogP contribution < -0.4 is 10.4 Å². The lowest BCUT2D eigenvalue weighted by Gasteiger charge is -2.45. The normalized spacial score (nSPS) is 20.9. The van der Waals surface area contributed by atoms with E-state index in [1.807, 2.05) is 26.0 Å². The maximum absolute atomic E-state index is 10.2. The molecule has 0 radical (unpaired) electrons. The van der Waals surface area contributed by atoms with Crippen molar-refractivity contribution >= 4 is 18.7 Å². The minimum absolute atomic E-state index is 0.116. The van der Waals surface area contributed by atoms with E-state index in [1.54, 1.807) is 0 Å². The highest BCUT2D eigenvalue weighted by Gasteiger charge is 2.53. The molecule has 0 amide bonds. The van der Waals surface area contributed by atoms with Crippen LogP contribution in [0.25, 0.3) is 0 Å². The SMILES string of the molecule is CC1(C)OC[C@@H]([C@H](CO)O[Si](c2ccccc2)(c2ccccc2)C(C)(C)C)O1. The van der Waals surface area contributed by atoms with Crippen LogP contribution in [0, 0.1) is 0 Å². The van der Waals surface area contributed by atoms with Crippen LogP contribution >= 0.6 is 0 Å². The van der Waals surface area contributed by atoms with Gasteiger partial charge in [0, 0.05) is 0 Å². The topological polar surface area (TPSA) is 47.9 Å². The lowest BCUT2D eigenvalue weighted by atomic mass is 10.2. The molecule has 1 fully saturated rings. The summed E-state index contributed by atoms with van der Waals surface area (Å²) in [5, 5.41) is 12.5. The number of aliphatic hydroxyl groups is 1. The fraction of sp³-hybridized carbons (Fsp3) is 0.478. The van der Waals surface area contributed by atoms with Crippen molar-refractivity contribution in [1.29, 1.82) is 0 Å². The number of ether oxygens (including phenoxy) is 2. The molecular weight excluding hydrogens is 368 g/mol. The Morgan fingerprint density at radius 3 is 1.89 bits per heavy atom. The van der Waals surface area contributed by atoms with Gasteiger partial charge in [-0.05, 0) is 29.3 Å². The lowest BCUT2D eigenvalue weighted by Crippen LogP contribution is -2.69. The average Bonchev–Trinajstić information content (AvgIpc) is 3.03. The second-order valence-electron chi connectivity index (χ2n) is 8.87. The summed E-state index contributed by atoms with van der Waals surface area (Å²) in [6.07, 6.45) is -0.769. The molecule has 2 aromatic rings. The van der Waals surface area contributed by atoms with Crippen molar-refractivity contribution in [1.82, 2.24) is 0 Å². The van der Waals surface area contributed by atoms with Crippen LogP contribution in [0.5, 0.6) is 0 Å². The monoisotopic (exact) mass is 400 g/mol. The predicted molar refractivity (Wildman–Crippen MR) is 114 cm³/mol. The molecule has 28 heavy (non-hydrogen) atoms. The van der Waals surface area contributed by atoms with E-state index in [2.05, 4.69) is 69.3 Å². The van der Waals surface area contributed by atoms with Gasteiger partial charge in [-0.15, -0.1) is 0 Å². The summed E-state index contributed by atoms with van der Waals surface area (Å²) in [5.41, 5.74) is 0. The zero-order valence-corrected chi connectivity index (χ0v) is 18.5. The summed E-state index contributed by atoms with van der Waals surface area (Å²) in [4.78, 5) is 0. The summed E-state index contributed by atoms with van der Waals surface area (Å²) in [5.74, 6) is -0.660. The summed E-state index contributed by atoms with van der Waals surface area (Å²) in [6, 6.07) is 20.9. The summed E-state index contributed by atoms with van der Waals surface area (Å²) < 4.78 is 18.8. The van der Waals surface area contributed by atoms with Crippen molar-refractivity contribution < 1.29 is 19.0 Å². The van der Waals surface area contributed by atoms with E-state index in [-0.39, 0.29) is 17.7 Å². The number of hydrogen-bond acceptors (Lipinski definition) is 4. The minimum Gasteiger partial charge on any atom is -0.399 e. The van der Waals surface area contributed by atoms with Gasteiger partial charge in [0.05, 0.1) is 19.3 Å². The van der Waals surface area contributed by atoms with Crippen LogP contribution in [-0.4, -0.2) is 44.6 Å². The quantitative estimate of drug-likeness (QED) is 0.757. The van der Waals surface area contributed by atoms with Gasteiger partial charge in [0.2, 0.25) is 0 Å². The first-order chi connectivity index (χ1) is 13.2. The zero-order valence-electron chi connectivity index (χ0n) is 17.5. The summed E-state index contributed by atoms with van der Waals surface area (Å²) in [7, 11) is -2.74. The van der Waals surface area contributed by atoms with E-state index in [9.17, 15) is 5.11 Å². The van der Waals surface area contributed by atoms with Gasteiger partial charge < -0.3 is 19.0 Å². The van der Waals surface area contributed by atoms with Crippen LogP contribution in [0.4, 0.5) is 0 Å². The van der Waals surface area contributed by atoms with Gasteiger partial charge in [0.15, 0.2) is 5.79 Å². The molecule has 0 saturated carbocycles. The highest BCUT2D eigenvalue weighted by Crippen LogP contribution is 2.38. The van der Waals surface area contributed by atoms with Crippen molar-refractivity contribution in [3.63, 3.8) is 0 Å². The van der Waals surface area contributed by atoms with Gasteiger partial charge in [-0.2, -0.15) is 0 Å². The molecule has 0 spiro atoms. The van der Waals surface area contributed by atoms with Crippen molar-refractivity contribution in [2.75, 3.05) is 13.2 Å². The molecule has 0 bridgehead atoms. The van der Waals surface area contributed by atoms with Crippen molar-refractivity contribution in [2.45, 2.75) is 57.7 Å². The third kappa shape index (κ3) is 4.09. The zero-order chi connectivity index (χ0) is 20.4. The number of rotatable bonds is 6. The van der Waals surface area contributed by atoms with Gasteiger partial charge in [0.1, 0.15) is 6.10 Å². The highest BCUT2D eigenvalue weighted by atomic mass is 28.4. The summed E-state index contributed by atoms with van der Waals surface area (Å²) >= 11 is 0. The highest BCUT2D eigenvalue weighted by molar-refractivity contribution is 6.99. The van der Waals surface area contributed by atoms with E-state index >= 15 is 0 Å². The average molecular weight is 401 g/mol. The third-order valence-corrected chi connectivity index (χ3v) is 10.4. The van der Waals surface area contributed by atoms with Crippen molar-refractivity contribution in [3.8, 4) is 0 Å². The molecule has 0 unspecified atom stereocenters. The van der Waals surface area contributed by atoms with E-state index in [4.69, 9.17) is 13.9 Å². The number of hydrogen-bond donors (Lipinski definition) is 1. The molecule has 1 N–H and O–H groups in total. The first kappa shape index (κ1) is 21.2. The van der Waals surface area contributed by atoms with E-state index in [0.717, 1.165) is 0 Å². The van der Waals surface area contributed by atoms with Crippen LogP contribution in [-0.2, 0) is 13.9 Å². The molecular formula is C23H32O4Si. The molecule has 2 atom stereocenters. The van der Waals surface area contributed by atoms with Crippen molar-refractivity contribution in [2.24, 2.45) is 0 Å². The van der Waals surface area contributed by atoms with Gasteiger partial charge in [0.25, 0.3) is 8.32 Å². The van der Waals surface area contributed by atoms with Gasteiger partial charge in [-0.1, -0.05) is 81.4 Å². The van der Waals surface area contributed by atoms with Gasteiger partial charge >= 0.3 is 0 Å². The Hall–Kier alpha value is -1.50. The molecule has 5 heteroatoms. The Bertz CT molecular complexity index is 716. The van der Waals surface area contributed by atoms with Gasteiger partial charge in [-0.3, -0.25) is 0 Å². The first-order valence-electron chi connectivity index (χ1n) is 9.91. The van der Waals surface area contributed by atoms with Crippen LogP contribution in [0.3, 0.4) is 0 Å². The molecule has 1 aliphatic heterocycles. The first-order valence-corrected chi connectivity index (χ1v) is 11.8. The molecule has 2 aromatic carbocycles. The van der Waals surface area contributed by atoms with E-state index in [1.165, 1.54) is 10.4 Å². The molecule has 3 rings (SSSR count). The standard InChI is InChI=1S/C23H32O4Si/c1-22(2,3)28(18-12-8-6-9-13-18,19-14-10-7-11-15-19)27-20(16-24)21-17-25-23(4,5)26-21/h6-15,20-21,24H,16-17H2,1-5H3/t20-,21-/m0/s1. The Labute approximate surface area is 169 Å². The molecule has 4 nitrogen and oxygen atoms in total. The molecule has 1 heterocycles. The van der Waals surface area contributed by atoms with Crippen LogP contribution in [0.15, 0.2) is 60.7 Å². The van der Waals surface area contributed by atoms with E-state index < -0.39 is 20.2 Å². The van der Waals surface area contributed by atoms with Crippen LogP contribution in [0.1, 0.15) is 34.6 Å². The Kier molecular flexibility index (Phi) is 6.13. The fourth-order valence-electron chi connectivity index (χ4n) is 4.05. The van der Waals surface area contributed by atoms with Gasteiger partial charge in [-0.25, -0.2) is 0 Å². The molecule has 0 aromatic heterocycles. The van der Waals surface area contributed by atoms with Crippen LogP contribution in [0.2, 0.25) is 5.04 Å². The maximum Gasteiger partial charge on any atom is 0.261 e.